The van der Waals surface area contributed by atoms with Gasteiger partial charge in [-0.1, -0.05) is 47.0 Å². The number of fused-ring (bicyclic) bond motifs is 5. The van der Waals surface area contributed by atoms with Gasteiger partial charge in [-0.15, -0.1) is 0 Å². The van der Waals surface area contributed by atoms with Crippen LogP contribution in [0.5, 0.6) is 0 Å². The van der Waals surface area contributed by atoms with Crippen molar-refractivity contribution >= 4 is 0 Å². The lowest BCUT2D eigenvalue weighted by molar-refractivity contribution is -0.0918. The molecule has 0 bridgehead atoms. The lowest BCUT2D eigenvalue weighted by Gasteiger charge is -2.55. The Morgan fingerprint density at radius 3 is 2.54 bits per heavy atom. The zero-order valence-electron chi connectivity index (χ0n) is 20.3. The van der Waals surface area contributed by atoms with Crippen LogP contribution in [-0.2, 0) is 0 Å². The molecule has 0 unspecified atom stereocenters. The Morgan fingerprint density at radius 2 is 1.82 bits per heavy atom. The van der Waals surface area contributed by atoms with Crippen molar-refractivity contribution in [2.45, 2.75) is 112 Å². The summed E-state index contributed by atoms with van der Waals surface area (Å²) < 4.78 is 8.00. The summed E-state index contributed by atoms with van der Waals surface area (Å²) in [4.78, 5) is 0. The first-order valence-electron chi connectivity index (χ1n) is 13.3. The molecular weight excluding hydrogens is 340 g/mol. The van der Waals surface area contributed by atoms with Gasteiger partial charge in [-0.2, -0.15) is 0 Å². The number of aliphatic hydroxyl groups is 1. The molecule has 1 nitrogen and oxygen atoms in total. The van der Waals surface area contributed by atoms with Gasteiger partial charge in [0.2, 0.25) is 0 Å². The van der Waals surface area contributed by atoms with Gasteiger partial charge in [-0.25, -0.2) is 0 Å². The molecule has 0 spiro atoms. The number of rotatable bonds is 5. The molecular formula is C27H47O+. The molecule has 4 aliphatic carbocycles. The van der Waals surface area contributed by atoms with Crippen molar-refractivity contribution in [3.63, 3.8) is 0 Å². The summed E-state index contributed by atoms with van der Waals surface area (Å²) in [5.41, 5.74) is 0.718. The quantitative estimate of drug-likeness (QED) is 0.490. The average molecular weight is 389 g/mol. The number of aliphatic hydroxyl groups excluding tert-OH is 1. The van der Waals surface area contributed by atoms with E-state index in [1.54, 1.807) is 0 Å². The molecule has 1 N–H and O–H groups in total. The summed E-state index contributed by atoms with van der Waals surface area (Å²) in [5.74, 6) is 6.64. The van der Waals surface area contributed by atoms with Crippen LogP contribution in [0.2, 0.25) is 0 Å². The van der Waals surface area contributed by atoms with Crippen LogP contribution < -0.4 is 0 Å². The van der Waals surface area contributed by atoms with Crippen LogP contribution in [0.25, 0.3) is 0 Å². The average Bonchev–Trinajstić information content (AvgIpc) is 3.19. The molecule has 0 aliphatic heterocycles. The second kappa shape index (κ2) is 7.51. The minimum atomic E-state index is -0.232. The molecule has 4 aliphatic rings. The molecule has 28 heavy (non-hydrogen) atoms. The Kier molecular flexibility index (Phi) is 5.30. The summed E-state index contributed by atoms with van der Waals surface area (Å²) >= 11 is 0. The lowest BCUT2D eigenvalue weighted by atomic mass is 9.46. The van der Waals surface area contributed by atoms with E-state index in [1.165, 1.54) is 57.3 Å². The molecule has 4 rings (SSSR count). The summed E-state index contributed by atoms with van der Waals surface area (Å²) in [7, 11) is 0. The highest BCUT2D eigenvalue weighted by molar-refractivity contribution is 5.24. The van der Waals surface area contributed by atoms with E-state index >= 15 is 0 Å². The van der Waals surface area contributed by atoms with Gasteiger partial charge in [0.1, 0.15) is 17.3 Å². The fourth-order valence-electron chi connectivity index (χ4n) is 9.11. The topological polar surface area (TPSA) is 20.2 Å². The van der Waals surface area contributed by atoms with Crippen molar-refractivity contribution in [2.24, 2.45) is 52.3 Å². The molecule has 4 fully saturated rings. The van der Waals surface area contributed by atoms with E-state index in [-0.39, 0.29) is 11.5 Å². The van der Waals surface area contributed by atoms with Crippen molar-refractivity contribution in [1.29, 1.82) is 0 Å². The van der Waals surface area contributed by atoms with E-state index in [4.69, 9.17) is 1.37 Å². The van der Waals surface area contributed by atoms with Crippen LogP contribution in [0, 0.1) is 58.2 Å². The molecule has 0 aromatic heterocycles. The first kappa shape index (κ1) is 19.8. The van der Waals surface area contributed by atoms with Gasteiger partial charge in [0.15, 0.2) is 6.10 Å². The Morgan fingerprint density at radius 1 is 1.04 bits per heavy atom. The molecule has 0 radical (unpaired) electrons. The van der Waals surface area contributed by atoms with Crippen molar-refractivity contribution in [3.05, 3.63) is 5.92 Å². The maximum Gasteiger partial charge on any atom is 0.198 e. The third-order valence-electron chi connectivity index (χ3n) is 10.4. The zero-order valence-corrected chi connectivity index (χ0v) is 19.3. The summed E-state index contributed by atoms with van der Waals surface area (Å²) in [5, 5.41) is 11.2. The van der Waals surface area contributed by atoms with Crippen LogP contribution in [0.15, 0.2) is 0 Å². The molecule has 0 heterocycles. The number of hydrogen-bond donors (Lipinski definition) is 1. The first-order valence-corrected chi connectivity index (χ1v) is 12.6. The van der Waals surface area contributed by atoms with Crippen molar-refractivity contribution < 1.29 is 6.48 Å². The fraction of sp³-hybridized carbons (Fsp3) is 0.963. The Hall–Kier alpha value is -0.170. The van der Waals surface area contributed by atoms with E-state index in [0.29, 0.717) is 18.2 Å². The largest absolute Gasteiger partial charge is 0.353 e. The van der Waals surface area contributed by atoms with E-state index in [0.717, 1.165) is 48.3 Å². The highest BCUT2D eigenvalue weighted by atomic mass is 16.3. The maximum atomic E-state index is 11.2. The highest BCUT2D eigenvalue weighted by Gasteiger charge is 2.69. The molecule has 4 saturated carbocycles. The lowest BCUT2D eigenvalue weighted by Crippen LogP contribution is -2.54. The highest BCUT2D eigenvalue weighted by Crippen LogP contribution is 2.70. The Bertz CT molecular complexity index is 575. The van der Waals surface area contributed by atoms with Crippen LogP contribution in [-0.4, -0.2) is 11.2 Å². The van der Waals surface area contributed by atoms with Gasteiger partial charge < -0.3 is 5.11 Å². The number of hydrogen-bond acceptors (Lipinski definition) is 1. The van der Waals surface area contributed by atoms with E-state index in [2.05, 4.69) is 34.6 Å². The standard InChI is InChI=1S/C27H47O/c1-17(2)8-7-9-18(3)21-10-11-22-20-16-24(28)25-19(4)12-14-27(25,6)23(20)13-15-26(21,22)5/h17-24,28H,7-16H2,1-6H3/q+1/t18-,19+,20+,21-,22+,23+,24-,26-,27-/m1/s1/i4D. The van der Waals surface area contributed by atoms with E-state index in [9.17, 15) is 5.11 Å². The van der Waals surface area contributed by atoms with Gasteiger partial charge in [-0.05, 0) is 87.4 Å². The normalized spacial score (nSPS) is 49.5. The van der Waals surface area contributed by atoms with Crippen molar-refractivity contribution in [3.8, 4) is 0 Å². The zero-order chi connectivity index (χ0) is 21.0. The van der Waals surface area contributed by atoms with E-state index < -0.39 is 0 Å². The Labute approximate surface area is 176 Å². The van der Waals surface area contributed by atoms with Crippen LogP contribution in [0.4, 0.5) is 0 Å². The minimum Gasteiger partial charge on any atom is -0.353 e. The predicted octanol–water partition coefficient (Wildman–Crippen LogP) is 7.28. The molecule has 9 atom stereocenters. The second-order valence-corrected chi connectivity index (χ2v) is 12.3. The molecule has 0 aromatic carbocycles. The van der Waals surface area contributed by atoms with Gasteiger partial charge in [-0.3, -0.25) is 0 Å². The smallest absolute Gasteiger partial charge is 0.198 e. The SMILES string of the molecule is [2H]C[C@H]1CC[C@@]2(C)[C+]1[C@H](O)C[C@H]1[C@@H]3CC[C@H]([C@H](C)CCCC(C)C)[C@@]3(C)CC[C@@H]12. The minimum absolute atomic E-state index is 0.219. The van der Waals surface area contributed by atoms with Gasteiger partial charge in [0.25, 0.3) is 0 Å². The van der Waals surface area contributed by atoms with Crippen molar-refractivity contribution in [2.75, 3.05) is 0 Å². The summed E-state index contributed by atoms with van der Waals surface area (Å²) in [6, 6.07) is 0. The molecule has 1 heteroatoms. The van der Waals surface area contributed by atoms with E-state index in [1.807, 2.05) is 0 Å². The predicted molar refractivity (Wildman–Crippen MR) is 119 cm³/mol. The second-order valence-electron chi connectivity index (χ2n) is 12.3. The maximum absolute atomic E-state index is 11.2. The van der Waals surface area contributed by atoms with Crippen molar-refractivity contribution in [1.82, 2.24) is 0 Å². The molecule has 0 aromatic rings. The third-order valence-corrected chi connectivity index (χ3v) is 10.4. The van der Waals surface area contributed by atoms with Gasteiger partial charge >= 0.3 is 0 Å². The molecule has 160 valence electrons. The first-order chi connectivity index (χ1) is 13.7. The summed E-state index contributed by atoms with van der Waals surface area (Å²) in [6.45, 7) is 12.8. The molecule has 0 amide bonds. The monoisotopic (exact) mass is 388 g/mol. The summed E-state index contributed by atoms with van der Waals surface area (Å²) in [6.07, 6.45) is 12.9. The van der Waals surface area contributed by atoms with Crippen LogP contribution >= 0.6 is 0 Å². The Balaban J connectivity index is 1.50. The third kappa shape index (κ3) is 3.17. The van der Waals surface area contributed by atoms with Crippen LogP contribution in [0.1, 0.15) is 107 Å². The van der Waals surface area contributed by atoms with Gasteiger partial charge in [0, 0.05) is 13.7 Å². The fourth-order valence-corrected chi connectivity index (χ4v) is 9.11. The van der Waals surface area contributed by atoms with Crippen LogP contribution in [0.3, 0.4) is 0 Å². The van der Waals surface area contributed by atoms with Gasteiger partial charge in [0.05, 0.1) is 0 Å². The molecule has 0 saturated heterocycles.